The van der Waals surface area contributed by atoms with Gasteiger partial charge in [-0.15, -0.1) is 0 Å². The van der Waals surface area contributed by atoms with Crippen LogP contribution in [0.5, 0.6) is 11.5 Å². The second-order valence-corrected chi connectivity index (χ2v) is 6.60. The summed E-state index contributed by atoms with van der Waals surface area (Å²) in [5.41, 5.74) is 2.20. The molecule has 0 aliphatic heterocycles. The Kier molecular flexibility index (Phi) is 5.93. The van der Waals surface area contributed by atoms with Crippen LogP contribution in [-0.4, -0.2) is 30.3 Å². The van der Waals surface area contributed by atoms with Crippen LogP contribution in [0.3, 0.4) is 0 Å². The van der Waals surface area contributed by atoms with Crippen molar-refractivity contribution in [1.29, 1.82) is 0 Å². The average molecular weight is 381 g/mol. The number of amides is 1. The van der Waals surface area contributed by atoms with Crippen LogP contribution in [0.15, 0.2) is 47.0 Å². The lowest BCUT2D eigenvalue weighted by molar-refractivity contribution is 0.102. The SMILES string of the molecule is COc1ccc(C(=O)Nc2ccc(Cc3noc(C(C)C)n3)cc2)cc1OC. The lowest BCUT2D eigenvalue weighted by Gasteiger charge is -2.10. The van der Waals surface area contributed by atoms with Gasteiger partial charge in [-0.3, -0.25) is 4.79 Å². The van der Waals surface area contributed by atoms with Crippen molar-refractivity contribution in [3.8, 4) is 11.5 Å². The molecule has 0 spiro atoms. The van der Waals surface area contributed by atoms with Gasteiger partial charge in [0.2, 0.25) is 5.89 Å². The summed E-state index contributed by atoms with van der Waals surface area (Å²) in [4.78, 5) is 16.9. The first-order valence-electron chi connectivity index (χ1n) is 8.95. The summed E-state index contributed by atoms with van der Waals surface area (Å²) in [5, 5.41) is 6.87. The number of rotatable bonds is 7. The molecule has 3 rings (SSSR count). The Hall–Kier alpha value is -3.35. The average Bonchev–Trinajstić information content (AvgIpc) is 3.17. The molecule has 0 saturated heterocycles. The number of methoxy groups -OCH3 is 2. The lowest BCUT2D eigenvalue weighted by Crippen LogP contribution is -2.12. The Morgan fingerprint density at radius 3 is 2.39 bits per heavy atom. The van der Waals surface area contributed by atoms with Gasteiger partial charge in [-0.25, -0.2) is 0 Å². The van der Waals surface area contributed by atoms with Gasteiger partial charge in [-0.2, -0.15) is 4.98 Å². The maximum atomic E-state index is 12.5. The molecule has 0 atom stereocenters. The van der Waals surface area contributed by atoms with Gasteiger partial charge in [0.1, 0.15) is 0 Å². The van der Waals surface area contributed by atoms with Crippen molar-refractivity contribution in [3.63, 3.8) is 0 Å². The van der Waals surface area contributed by atoms with E-state index in [0.717, 1.165) is 5.56 Å². The van der Waals surface area contributed by atoms with E-state index in [1.54, 1.807) is 25.3 Å². The van der Waals surface area contributed by atoms with E-state index in [1.165, 1.54) is 7.11 Å². The predicted molar refractivity (Wildman–Crippen MR) is 105 cm³/mol. The van der Waals surface area contributed by atoms with Crippen LogP contribution in [-0.2, 0) is 6.42 Å². The molecule has 7 heteroatoms. The Balaban J connectivity index is 1.65. The second kappa shape index (κ2) is 8.56. The van der Waals surface area contributed by atoms with E-state index in [4.69, 9.17) is 14.0 Å². The zero-order chi connectivity index (χ0) is 20.1. The van der Waals surface area contributed by atoms with Crippen molar-refractivity contribution in [1.82, 2.24) is 10.1 Å². The molecule has 1 N–H and O–H groups in total. The van der Waals surface area contributed by atoms with Gasteiger partial charge >= 0.3 is 0 Å². The highest BCUT2D eigenvalue weighted by Gasteiger charge is 2.12. The van der Waals surface area contributed by atoms with E-state index in [9.17, 15) is 4.79 Å². The summed E-state index contributed by atoms with van der Waals surface area (Å²) in [6, 6.07) is 12.6. The number of anilines is 1. The van der Waals surface area contributed by atoms with Crippen LogP contribution in [0.2, 0.25) is 0 Å². The molecule has 0 unspecified atom stereocenters. The number of aromatic nitrogens is 2. The van der Waals surface area contributed by atoms with E-state index in [2.05, 4.69) is 15.5 Å². The van der Waals surface area contributed by atoms with Crippen LogP contribution in [0.4, 0.5) is 5.69 Å². The summed E-state index contributed by atoms with van der Waals surface area (Å²) < 4.78 is 15.7. The molecule has 0 radical (unpaired) electrons. The van der Waals surface area contributed by atoms with E-state index < -0.39 is 0 Å². The van der Waals surface area contributed by atoms with Crippen molar-refractivity contribution in [3.05, 3.63) is 65.3 Å². The summed E-state index contributed by atoms with van der Waals surface area (Å²) >= 11 is 0. The molecule has 146 valence electrons. The molecule has 2 aromatic carbocycles. The third kappa shape index (κ3) is 4.49. The van der Waals surface area contributed by atoms with Gasteiger partial charge in [0, 0.05) is 23.6 Å². The number of hydrogen-bond donors (Lipinski definition) is 1. The van der Waals surface area contributed by atoms with Gasteiger partial charge in [-0.1, -0.05) is 31.1 Å². The molecular formula is C21H23N3O4. The highest BCUT2D eigenvalue weighted by atomic mass is 16.5. The van der Waals surface area contributed by atoms with Crippen molar-refractivity contribution >= 4 is 11.6 Å². The molecule has 0 fully saturated rings. The van der Waals surface area contributed by atoms with Crippen molar-refractivity contribution in [2.24, 2.45) is 0 Å². The number of carbonyl (C=O) groups is 1. The number of hydrogen-bond acceptors (Lipinski definition) is 6. The van der Waals surface area contributed by atoms with Crippen LogP contribution < -0.4 is 14.8 Å². The van der Waals surface area contributed by atoms with Gasteiger partial charge in [-0.05, 0) is 35.9 Å². The Morgan fingerprint density at radius 1 is 1.07 bits per heavy atom. The van der Waals surface area contributed by atoms with Crippen LogP contribution >= 0.6 is 0 Å². The molecule has 1 aromatic heterocycles. The third-order valence-electron chi connectivity index (χ3n) is 4.20. The summed E-state index contributed by atoms with van der Waals surface area (Å²) in [6.07, 6.45) is 0.570. The van der Waals surface area contributed by atoms with Gasteiger partial charge in [0.15, 0.2) is 17.3 Å². The number of carbonyl (C=O) groups excluding carboxylic acids is 1. The minimum absolute atomic E-state index is 0.204. The molecule has 0 bridgehead atoms. The van der Waals surface area contributed by atoms with Crippen molar-refractivity contribution < 1.29 is 18.8 Å². The third-order valence-corrected chi connectivity index (χ3v) is 4.20. The zero-order valence-electron chi connectivity index (χ0n) is 16.4. The first-order chi connectivity index (χ1) is 13.5. The fourth-order valence-electron chi connectivity index (χ4n) is 2.64. The van der Waals surface area contributed by atoms with Crippen LogP contribution in [0.25, 0.3) is 0 Å². The standard InChI is InChI=1S/C21H23N3O4/c1-13(2)21-23-19(24-28-21)11-14-5-8-16(9-6-14)22-20(25)15-7-10-17(26-3)18(12-15)27-4/h5-10,12-13H,11H2,1-4H3,(H,22,25). The zero-order valence-corrected chi connectivity index (χ0v) is 16.4. The minimum Gasteiger partial charge on any atom is -0.493 e. The molecule has 0 aliphatic rings. The van der Waals surface area contributed by atoms with Gasteiger partial charge < -0.3 is 19.3 Å². The topological polar surface area (TPSA) is 86.5 Å². The highest BCUT2D eigenvalue weighted by Crippen LogP contribution is 2.28. The van der Waals surface area contributed by atoms with E-state index in [0.29, 0.717) is 40.9 Å². The Bertz CT molecular complexity index is 949. The monoisotopic (exact) mass is 381 g/mol. The summed E-state index contributed by atoms with van der Waals surface area (Å²) in [7, 11) is 3.09. The molecular weight excluding hydrogens is 358 g/mol. The Morgan fingerprint density at radius 2 is 1.79 bits per heavy atom. The maximum Gasteiger partial charge on any atom is 0.255 e. The molecule has 1 heterocycles. The summed E-state index contributed by atoms with van der Waals surface area (Å²) in [6.45, 7) is 4.01. The normalized spacial score (nSPS) is 10.8. The predicted octanol–water partition coefficient (Wildman–Crippen LogP) is 4.05. The maximum absolute atomic E-state index is 12.5. The fraction of sp³-hybridized carbons (Fsp3) is 0.286. The molecule has 0 saturated carbocycles. The van der Waals surface area contributed by atoms with Gasteiger partial charge in [0.05, 0.1) is 14.2 Å². The highest BCUT2D eigenvalue weighted by molar-refractivity contribution is 6.04. The van der Waals surface area contributed by atoms with Crippen LogP contribution in [0.1, 0.15) is 47.4 Å². The molecule has 7 nitrogen and oxygen atoms in total. The molecule has 3 aromatic rings. The number of benzene rings is 2. The number of ether oxygens (including phenoxy) is 2. The van der Waals surface area contributed by atoms with E-state index in [1.807, 2.05) is 38.1 Å². The number of nitrogens with zero attached hydrogens (tertiary/aromatic N) is 2. The smallest absolute Gasteiger partial charge is 0.255 e. The van der Waals surface area contributed by atoms with Crippen molar-refractivity contribution in [2.75, 3.05) is 19.5 Å². The summed E-state index contributed by atoms with van der Waals surface area (Å²) in [5.74, 6) is 2.33. The first kappa shape index (κ1) is 19.4. The number of nitrogens with one attached hydrogen (secondary N) is 1. The van der Waals surface area contributed by atoms with Crippen LogP contribution in [0, 0.1) is 0 Å². The lowest BCUT2D eigenvalue weighted by atomic mass is 10.1. The van der Waals surface area contributed by atoms with E-state index >= 15 is 0 Å². The van der Waals surface area contributed by atoms with E-state index in [-0.39, 0.29) is 11.8 Å². The Labute approximate surface area is 163 Å². The van der Waals surface area contributed by atoms with Crippen molar-refractivity contribution in [2.45, 2.75) is 26.2 Å². The van der Waals surface area contributed by atoms with Gasteiger partial charge in [0.25, 0.3) is 5.91 Å². The quantitative estimate of drug-likeness (QED) is 0.664. The largest absolute Gasteiger partial charge is 0.493 e. The molecule has 0 aliphatic carbocycles. The molecule has 1 amide bonds. The first-order valence-corrected chi connectivity index (χ1v) is 8.95. The fourth-order valence-corrected chi connectivity index (χ4v) is 2.64. The minimum atomic E-state index is -0.228. The second-order valence-electron chi connectivity index (χ2n) is 6.60. The molecule has 28 heavy (non-hydrogen) atoms.